The summed E-state index contributed by atoms with van der Waals surface area (Å²) < 4.78 is 26.9. The van der Waals surface area contributed by atoms with Crippen LogP contribution in [-0.2, 0) is 10.0 Å². The van der Waals surface area contributed by atoms with Crippen LogP contribution in [0.25, 0.3) is 0 Å². The Morgan fingerprint density at radius 3 is 2.67 bits per heavy atom. The van der Waals surface area contributed by atoms with E-state index >= 15 is 0 Å². The summed E-state index contributed by atoms with van der Waals surface area (Å²) in [7, 11) is -3.71. The van der Waals surface area contributed by atoms with Crippen LogP contribution in [0.1, 0.15) is 24.8 Å². The van der Waals surface area contributed by atoms with Crippen molar-refractivity contribution in [3.05, 3.63) is 33.9 Å². The number of nitro benzene ring substituents is 1. The zero-order valence-electron chi connectivity index (χ0n) is 11.8. The molecule has 0 radical (unpaired) electrons. The van der Waals surface area contributed by atoms with Crippen LogP contribution in [0.4, 0.5) is 5.69 Å². The molecule has 1 saturated carbocycles. The molecule has 0 atom stereocenters. The van der Waals surface area contributed by atoms with Gasteiger partial charge < -0.3 is 5.32 Å². The topological polar surface area (TPSA) is 101 Å². The average molecular weight is 313 g/mol. The predicted octanol–water partition coefficient (Wildman–Crippen LogP) is 1.32. The van der Waals surface area contributed by atoms with Gasteiger partial charge in [-0.2, -0.15) is 0 Å². The number of nitrogens with one attached hydrogen (secondary N) is 2. The molecule has 0 bridgehead atoms. The molecule has 8 heteroatoms. The second kappa shape index (κ2) is 6.50. The monoisotopic (exact) mass is 313 g/mol. The first-order valence-electron chi connectivity index (χ1n) is 6.89. The third-order valence-corrected chi connectivity index (χ3v) is 5.00. The normalized spacial score (nSPS) is 15.1. The maximum absolute atomic E-state index is 12.2. The third-order valence-electron chi connectivity index (χ3n) is 3.40. The molecule has 1 fully saturated rings. The Morgan fingerprint density at radius 1 is 1.33 bits per heavy atom. The first kappa shape index (κ1) is 15.9. The van der Waals surface area contributed by atoms with E-state index in [1.807, 2.05) is 0 Å². The molecule has 0 aliphatic heterocycles. The molecule has 0 heterocycles. The van der Waals surface area contributed by atoms with Gasteiger partial charge in [-0.3, -0.25) is 10.1 Å². The minimum atomic E-state index is -3.71. The number of sulfonamides is 1. The number of hydrogen-bond donors (Lipinski definition) is 2. The highest BCUT2D eigenvalue weighted by Gasteiger charge is 2.23. The highest BCUT2D eigenvalue weighted by Crippen LogP contribution is 2.24. The fourth-order valence-corrected chi connectivity index (χ4v) is 3.39. The van der Waals surface area contributed by atoms with Crippen molar-refractivity contribution < 1.29 is 13.3 Å². The van der Waals surface area contributed by atoms with Crippen LogP contribution in [0, 0.1) is 17.0 Å². The lowest BCUT2D eigenvalue weighted by Gasteiger charge is -2.09. The molecule has 0 aromatic heterocycles. The zero-order chi connectivity index (χ0) is 15.5. The van der Waals surface area contributed by atoms with E-state index in [9.17, 15) is 18.5 Å². The molecule has 0 amide bonds. The van der Waals surface area contributed by atoms with Crippen LogP contribution in [0.15, 0.2) is 23.1 Å². The fourth-order valence-electron chi connectivity index (χ4n) is 2.06. The Bertz CT molecular complexity index is 626. The fraction of sp³-hybridized carbons (Fsp3) is 0.538. The molecule has 1 aliphatic carbocycles. The smallest absolute Gasteiger partial charge is 0.273 e. The summed E-state index contributed by atoms with van der Waals surface area (Å²) in [6.45, 7) is 2.52. The van der Waals surface area contributed by atoms with Gasteiger partial charge in [-0.05, 0) is 38.8 Å². The SMILES string of the molecule is Cc1c([N+](=O)[O-])cccc1S(=O)(=O)NCCCNC1CC1. The van der Waals surface area contributed by atoms with E-state index < -0.39 is 14.9 Å². The molecule has 0 spiro atoms. The average Bonchev–Trinajstić information content (AvgIpc) is 3.22. The molecule has 0 saturated heterocycles. The maximum Gasteiger partial charge on any atom is 0.273 e. The van der Waals surface area contributed by atoms with Crippen molar-refractivity contribution in [1.29, 1.82) is 0 Å². The molecule has 116 valence electrons. The van der Waals surface area contributed by atoms with E-state index in [0.29, 0.717) is 19.0 Å². The largest absolute Gasteiger partial charge is 0.314 e. The Hall–Kier alpha value is -1.51. The minimum Gasteiger partial charge on any atom is -0.314 e. The molecule has 21 heavy (non-hydrogen) atoms. The van der Waals surface area contributed by atoms with Crippen LogP contribution in [0.3, 0.4) is 0 Å². The van der Waals surface area contributed by atoms with Crippen LogP contribution >= 0.6 is 0 Å². The summed E-state index contributed by atoms with van der Waals surface area (Å²) in [5.74, 6) is 0. The van der Waals surface area contributed by atoms with E-state index in [1.54, 1.807) is 0 Å². The van der Waals surface area contributed by atoms with Crippen molar-refractivity contribution in [2.75, 3.05) is 13.1 Å². The first-order valence-corrected chi connectivity index (χ1v) is 8.37. The van der Waals surface area contributed by atoms with Crippen molar-refractivity contribution >= 4 is 15.7 Å². The van der Waals surface area contributed by atoms with Crippen molar-refractivity contribution in [3.8, 4) is 0 Å². The van der Waals surface area contributed by atoms with Gasteiger partial charge in [0.15, 0.2) is 0 Å². The van der Waals surface area contributed by atoms with E-state index in [0.717, 1.165) is 6.54 Å². The summed E-state index contributed by atoms with van der Waals surface area (Å²) in [5, 5.41) is 14.1. The molecular weight excluding hydrogens is 294 g/mol. The lowest BCUT2D eigenvalue weighted by Crippen LogP contribution is -2.28. The lowest BCUT2D eigenvalue weighted by molar-refractivity contribution is -0.385. The summed E-state index contributed by atoms with van der Waals surface area (Å²) >= 11 is 0. The summed E-state index contributed by atoms with van der Waals surface area (Å²) in [6.07, 6.45) is 3.07. The summed E-state index contributed by atoms with van der Waals surface area (Å²) in [4.78, 5) is 10.2. The standard InChI is InChI=1S/C13H19N3O4S/c1-10-12(16(17)18)4-2-5-13(10)21(19,20)15-9-3-8-14-11-6-7-11/h2,4-5,11,14-15H,3,6-9H2,1H3. The second-order valence-electron chi connectivity index (χ2n) is 5.14. The van der Waals surface area contributed by atoms with E-state index in [-0.39, 0.29) is 16.1 Å². The van der Waals surface area contributed by atoms with Gasteiger partial charge >= 0.3 is 0 Å². The van der Waals surface area contributed by atoms with Crippen LogP contribution in [0.2, 0.25) is 0 Å². The van der Waals surface area contributed by atoms with E-state index in [4.69, 9.17) is 0 Å². The molecule has 7 nitrogen and oxygen atoms in total. The molecule has 1 aromatic carbocycles. The number of hydrogen-bond acceptors (Lipinski definition) is 5. The van der Waals surface area contributed by atoms with Gasteiger partial charge in [-0.25, -0.2) is 13.1 Å². The number of nitro groups is 1. The highest BCUT2D eigenvalue weighted by atomic mass is 32.2. The Morgan fingerprint density at radius 2 is 2.05 bits per heavy atom. The summed E-state index contributed by atoms with van der Waals surface area (Å²) in [6, 6.07) is 4.66. The zero-order valence-corrected chi connectivity index (χ0v) is 12.6. The maximum atomic E-state index is 12.2. The molecule has 2 N–H and O–H groups in total. The Kier molecular flexibility index (Phi) is 4.92. The van der Waals surface area contributed by atoms with Crippen LogP contribution < -0.4 is 10.0 Å². The summed E-state index contributed by atoms with van der Waals surface area (Å²) in [5.41, 5.74) is -0.0284. The van der Waals surface area contributed by atoms with Gasteiger partial charge in [-0.1, -0.05) is 6.07 Å². The quantitative estimate of drug-likeness (QED) is 0.428. The second-order valence-corrected chi connectivity index (χ2v) is 6.87. The first-order chi connectivity index (χ1) is 9.92. The van der Waals surface area contributed by atoms with Crippen molar-refractivity contribution in [2.45, 2.75) is 37.1 Å². The van der Waals surface area contributed by atoms with Gasteiger partial charge in [-0.15, -0.1) is 0 Å². The van der Waals surface area contributed by atoms with Crippen molar-refractivity contribution in [1.82, 2.24) is 10.0 Å². The van der Waals surface area contributed by atoms with Crippen molar-refractivity contribution in [2.24, 2.45) is 0 Å². The van der Waals surface area contributed by atoms with Gasteiger partial charge in [0.25, 0.3) is 5.69 Å². The van der Waals surface area contributed by atoms with E-state index in [2.05, 4.69) is 10.0 Å². The van der Waals surface area contributed by atoms with Gasteiger partial charge in [0.05, 0.1) is 9.82 Å². The minimum absolute atomic E-state index is 0.0353. The van der Waals surface area contributed by atoms with E-state index in [1.165, 1.54) is 38.0 Å². The third kappa shape index (κ3) is 4.23. The highest BCUT2D eigenvalue weighted by molar-refractivity contribution is 7.89. The molecule has 2 rings (SSSR count). The number of nitrogens with zero attached hydrogens (tertiary/aromatic N) is 1. The Balaban J connectivity index is 1.97. The van der Waals surface area contributed by atoms with Crippen LogP contribution in [-0.4, -0.2) is 32.5 Å². The Labute approximate surface area is 123 Å². The molecule has 1 aromatic rings. The number of benzene rings is 1. The van der Waals surface area contributed by atoms with Crippen molar-refractivity contribution in [3.63, 3.8) is 0 Å². The molecular formula is C13H19N3O4S. The van der Waals surface area contributed by atoms with Gasteiger partial charge in [0.2, 0.25) is 10.0 Å². The van der Waals surface area contributed by atoms with Gasteiger partial charge in [0.1, 0.15) is 0 Å². The van der Waals surface area contributed by atoms with Gasteiger partial charge in [0, 0.05) is 24.2 Å². The lowest BCUT2D eigenvalue weighted by atomic mass is 10.2. The molecule has 1 aliphatic rings. The van der Waals surface area contributed by atoms with Crippen LogP contribution in [0.5, 0.6) is 0 Å². The number of rotatable bonds is 8. The molecule has 0 unspecified atom stereocenters. The predicted molar refractivity (Wildman–Crippen MR) is 78.7 cm³/mol.